The van der Waals surface area contributed by atoms with Crippen molar-refractivity contribution < 1.29 is 22.8 Å². The minimum absolute atomic E-state index is 0.184. The van der Waals surface area contributed by atoms with Crippen LogP contribution in [0.5, 0.6) is 0 Å². The number of nitrogens with zero attached hydrogens (tertiary/aromatic N) is 5. The Labute approximate surface area is 219 Å². The van der Waals surface area contributed by atoms with Gasteiger partial charge in [-0.05, 0) is 38.0 Å². The third-order valence-corrected chi connectivity index (χ3v) is 7.99. The number of nitrogens with two attached hydrogens (primary N) is 1. The number of carbonyl (C=O) groups excluding carboxylic acids is 1. The van der Waals surface area contributed by atoms with Crippen LogP contribution in [-0.4, -0.2) is 44.4 Å². The number of rotatable bonds is 5. The van der Waals surface area contributed by atoms with Crippen LogP contribution in [0.25, 0.3) is 0 Å². The molecule has 3 aromatic rings. The first-order chi connectivity index (χ1) is 17.6. The highest BCUT2D eigenvalue weighted by Crippen LogP contribution is 2.38. The van der Waals surface area contributed by atoms with E-state index < -0.39 is 11.9 Å². The van der Waals surface area contributed by atoms with Crippen molar-refractivity contribution in [3.63, 3.8) is 0 Å². The number of aryl methyl sites for hydroxylation is 1. The second-order valence-corrected chi connectivity index (χ2v) is 10.4. The van der Waals surface area contributed by atoms with Crippen LogP contribution in [0.1, 0.15) is 58.9 Å². The fraction of sp³-hybridized carbons (Fsp3) is 0.417. The Hall–Kier alpha value is -3.12. The number of anilines is 1. The highest BCUT2D eigenvalue weighted by molar-refractivity contribution is 7.10. The van der Waals surface area contributed by atoms with Gasteiger partial charge >= 0.3 is 6.18 Å². The first-order valence-corrected chi connectivity index (χ1v) is 13.0. The molecule has 1 aromatic carbocycles. The normalized spacial score (nSPS) is 18.7. The molecule has 2 N–H and O–H groups in total. The number of benzene rings is 1. The lowest BCUT2D eigenvalue weighted by atomic mass is 9.97. The van der Waals surface area contributed by atoms with E-state index in [0.717, 1.165) is 32.7 Å². The van der Waals surface area contributed by atoms with Crippen molar-refractivity contribution in [1.29, 1.82) is 0 Å². The van der Waals surface area contributed by atoms with Crippen LogP contribution >= 0.6 is 22.9 Å². The summed E-state index contributed by atoms with van der Waals surface area (Å²) in [7, 11) is 0. The summed E-state index contributed by atoms with van der Waals surface area (Å²) in [5.41, 5.74) is 8.14. The second kappa shape index (κ2) is 9.97. The molecule has 1 unspecified atom stereocenters. The van der Waals surface area contributed by atoms with Crippen molar-refractivity contribution in [2.75, 3.05) is 18.8 Å². The van der Waals surface area contributed by atoms with Crippen molar-refractivity contribution in [2.24, 2.45) is 5.16 Å². The van der Waals surface area contributed by atoms with Gasteiger partial charge in [0.1, 0.15) is 12.3 Å². The molecule has 0 spiro atoms. The summed E-state index contributed by atoms with van der Waals surface area (Å²) in [6, 6.07) is 6.27. The molecular weight excluding hydrogens is 529 g/mol. The van der Waals surface area contributed by atoms with E-state index in [1.807, 2.05) is 5.38 Å². The van der Waals surface area contributed by atoms with E-state index in [-0.39, 0.29) is 24.5 Å². The number of amides is 1. The monoisotopic (exact) mass is 552 g/mol. The van der Waals surface area contributed by atoms with Gasteiger partial charge in [-0.3, -0.25) is 9.48 Å². The van der Waals surface area contributed by atoms with E-state index >= 15 is 0 Å². The molecule has 1 atom stereocenters. The molecule has 0 aliphatic carbocycles. The minimum atomic E-state index is -4.54. The lowest BCUT2D eigenvalue weighted by Crippen LogP contribution is -2.40. The van der Waals surface area contributed by atoms with Crippen LogP contribution in [0, 0.1) is 6.92 Å². The third-order valence-electron chi connectivity index (χ3n) is 6.65. The predicted molar refractivity (Wildman–Crippen MR) is 133 cm³/mol. The predicted octanol–water partition coefficient (Wildman–Crippen LogP) is 5.17. The van der Waals surface area contributed by atoms with Gasteiger partial charge < -0.3 is 15.5 Å². The van der Waals surface area contributed by atoms with Gasteiger partial charge in [-0.25, -0.2) is 4.98 Å². The lowest BCUT2D eigenvalue weighted by molar-refractivity contribution is -0.142. The molecular formula is C24H24ClF3N6O2S. The average Bonchev–Trinajstić information content (AvgIpc) is 3.59. The Morgan fingerprint density at radius 1 is 1.30 bits per heavy atom. The van der Waals surface area contributed by atoms with E-state index in [1.165, 1.54) is 6.92 Å². The molecule has 4 heterocycles. The number of alkyl halides is 3. The molecule has 2 aliphatic heterocycles. The van der Waals surface area contributed by atoms with E-state index in [0.29, 0.717) is 48.8 Å². The Kier molecular flexibility index (Phi) is 6.88. The number of likely N-dealkylation sites (tertiary alicyclic amines) is 1. The van der Waals surface area contributed by atoms with Gasteiger partial charge in [0.15, 0.2) is 11.8 Å². The second-order valence-electron chi connectivity index (χ2n) is 9.13. The highest BCUT2D eigenvalue weighted by Gasteiger charge is 2.35. The van der Waals surface area contributed by atoms with E-state index in [2.05, 4.69) is 10.3 Å². The molecule has 0 bridgehead atoms. The molecule has 8 nitrogen and oxygen atoms in total. The number of hydrogen-bond acceptors (Lipinski definition) is 7. The number of oxime groups is 1. The first kappa shape index (κ1) is 25.5. The standard InChI is InChI=1S/C24H24ClF3N6O2S/c1-13-9-20(24(26,27)28)31-34(13)11-21(35)33-7-5-14(6-8-33)23-30-18(12-37-23)17-10-19(36-32-17)22-15(25)3-2-4-16(22)29/h2-4,9,12,14,19H,5-8,10-11,29H2,1H3. The molecule has 2 aromatic heterocycles. The Balaban J connectivity index is 1.17. The van der Waals surface area contributed by atoms with Crippen molar-refractivity contribution in [3.8, 4) is 0 Å². The number of nitrogen functional groups attached to an aromatic ring is 1. The zero-order chi connectivity index (χ0) is 26.3. The molecule has 2 aliphatic rings. The van der Waals surface area contributed by atoms with Gasteiger partial charge in [-0.1, -0.05) is 22.8 Å². The van der Waals surface area contributed by atoms with Crippen molar-refractivity contribution in [1.82, 2.24) is 19.7 Å². The van der Waals surface area contributed by atoms with Crippen LogP contribution < -0.4 is 5.73 Å². The van der Waals surface area contributed by atoms with Crippen LogP contribution in [-0.2, 0) is 22.4 Å². The Bertz CT molecular complexity index is 1330. The van der Waals surface area contributed by atoms with Gasteiger partial charge in [-0.2, -0.15) is 18.3 Å². The highest BCUT2D eigenvalue weighted by atomic mass is 35.5. The molecule has 196 valence electrons. The maximum atomic E-state index is 12.9. The zero-order valence-corrected chi connectivity index (χ0v) is 21.4. The first-order valence-electron chi connectivity index (χ1n) is 11.7. The summed E-state index contributed by atoms with van der Waals surface area (Å²) in [5.74, 6) is -0.0652. The maximum absolute atomic E-state index is 12.9. The summed E-state index contributed by atoms with van der Waals surface area (Å²) < 4.78 is 39.8. The van der Waals surface area contributed by atoms with Gasteiger partial charge in [0.2, 0.25) is 5.91 Å². The number of aromatic nitrogens is 3. The molecule has 1 amide bonds. The van der Waals surface area contributed by atoms with Gasteiger partial charge in [0, 0.05) is 52.8 Å². The van der Waals surface area contributed by atoms with E-state index in [4.69, 9.17) is 27.2 Å². The number of halogens is 4. The molecule has 5 rings (SSSR count). The lowest BCUT2D eigenvalue weighted by Gasteiger charge is -2.31. The average molecular weight is 553 g/mol. The largest absolute Gasteiger partial charge is 0.435 e. The summed E-state index contributed by atoms with van der Waals surface area (Å²) in [6.45, 7) is 2.30. The topological polar surface area (TPSA) is 98.6 Å². The summed E-state index contributed by atoms with van der Waals surface area (Å²) in [6.07, 6.45) is -2.97. The molecule has 13 heteroatoms. The fourth-order valence-electron chi connectivity index (χ4n) is 4.60. The fourth-order valence-corrected chi connectivity index (χ4v) is 5.90. The van der Waals surface area contributed by atoms with Gasteiger partial charge in [0.25, 0.3) is 0 Å². The molecule has 1 saturated heterocycles. The quantitative estimate of drug-likeness (QED) is 0.440. The Morgan fingerprint density at radius 3 is 2.73 bits per heavy atom. The zero-order valence-electron chi connectivity index (χ0n) is 19.8. The smallest absolute Gasteiger partial charge is 0.398 e. The number of thiazole rings is 1. The SMILES string of the molecule is Cc1cc(C(F)(F)F)nn1CC(=O)N1CCC(c2nc(C3=NOC(c4c(N)cccc4Cl)C3)cs2)CC1. The van der Waals surface area contributed by atoms with Crippen molar-refractivity contribution >= 4 is 40.2 Å². The summed E-state index contributed by atoms with van der Waals surface area (Å²) in [5, 5.41) is 11.2. The number of carbonyl (C=O) groups is 1. The van der Waals surface area contributed by atoms with Crippen LogP contribution in [0.4, 0.5) is 18.9 Å². The summed E-state index contributed by atoms with van der Waals surface area (Å²) >= 11 is 7.86. The summed E-state index contributed by atoms with van der Waals surface area (Å²) in [4.78, 5) is 24.8. The maximum Gasteiger partial charge on any atom is 0.435 e. The van der Waals surface area contributed by atoms with Crippen LogP contribution in [0.15, 0.2) is 34.8 Å². The molecule has 1 fully saturated rings. The number of piperidine rings is 1. The van der Waals surface area contributed by atoms with Crippen LogP contribution in [0.3, 0.4) is 0 Å². The molecule has 37 heavy (non-hydrogen) atoms. The van der Waals surface area contributed by atoms with E-state index in [9.17, 15) is 18.0 Å². The van der Waals surface area contributed by atoms with Crippen LogP contribution in [0.2, 0.25) is 5.02 Å². The van der Waals surface area contributed by atoms with Gasteiger partial charge in [-0.15, -0.1) is 11.3 Å². The van der Waals surface area contributed by atoms with Crippen molar-refractivity contribution in [3.05, 3.63) is 62.3 Å². The molecule has 0 saturated carbocycles. The van der Waals surface area contributed by atoms with Gasteiger partial charge in [0.05, 0.1) is 10.7 Å². The van der Waals surface area contributed by atoms with E-state index in [1.54, 1.807) is 34.4 Å². The Morgan fingerprint density at radius 2 is 2.05 bits per heavy atom. The number of hydrogen-bond donors (Lipinski definition) is 1. The minimum Gasteiger partial charge on any atom is -0.398 e. The van der Waals surface area contributed by atoms with Crippen molar-refractivity contribution in [2.45, 2.75) is 50.9 Å². The molecule has 0 radical (unpaired) electrons. The third kappa shape index (κ3) is 5.30.